The Bertz CT molecular complexity index is 631. The Morgan fingerprint density at radius 1 is 1.17 bits per heavy atom. The third-order valence-corrected chi connectivity index (χ3v) is 3.89. The highest BCUT2D eigenvalue weighted by Gasteiger charge is 2.17. The number of hydrogen-bond donors (Lipinski definition) is 2. The van der Waals surface area contributed by atoms with Crippen molar-refractivity contribution >= 4 is 6.03 Å². The van der Waals surface area contributed by atoms with Gasteiger partial charge in [-0.1, -0.05) is 24.3 Å². The predicted molar refractivity (Wildman–Crippen MR) is 88.7 cm³/mol. The van der Waals surface area contributed by atoms with Gasteiger partial charge in [0.25, 0.3) is 0 Å². The highest BCUT2D eigenvalue weighted by Crippen LogP contribution is 2.20. The molecule has 2 rings (SSSR count). The highest BCUT2D eigenvalue weighted by molar-refractivity contribution is 5.74. The zero-order chi connectivity index (χ0) is 16.8. The number of nitrogens with zero attached hydrogens (tertiary/aromatic N) is 3. The van der Waals surface area contributed by atoms with E-state index >= 15 is 0 Å². The van der Waals surface area contributed by atoms with Crippen molar-refractivity contribution in [3.8, 4) is 11.1 Å². The summed E-state index contributed by atoms with van der Waals surface area (Å²) in [6, 6.07) is 7.36. The smallest absolute Gasteiger partial charge is 0.317 e. The van der Waals surface area contributed by atoms with Crippen LogP contribution in [0.2, 0.25) is 0 Å². The van der Waals surface area contributed by atoms with Crippen LogP contribution in [0.1, 0.15) is 25.5 Å². The molecule has 0 saturated carbocycles. The summed E-state index contributed by atoms with van der Waals surface area (Å²) in [7, 11) is 1.67. The van der Waals surface area contributed by atoms with Crippen molar-refractivity contribution in [2.75, 3.05) is 13.7 Å². The zero-order valence-electron chi connectivity index (χ0n) is 13.6. The quantitative estimate of drug-likeness (QED) is 0.887. The van der Waals surface area contributed by atoms with Gasteiger partial charge < -0.3 is 15.3 Å². The van der Waals surface area contributed by atoms with E-state index in [9.17, 15) is 4.79 Å². The largest absolute Gasteiger partial charge is 0.394 e. The Labute approximate surface area is 136 Å². The molecule has 0 spiro atoms. The third-order valence-electron chi connectivity index (χ3n) is 3.89. The number of urea groups is 1. The number of aromatic nitrogens is 2. The monoisotopic (exact) mass is 314 g/mol. The van der Waals surface area contributed by atoms with Crippen LogP contribution in [0.3, 0.4) is 0 Å². The molecule has 2 unspecified atom stereocenters. The lowest BCUT2D eigenvalue weighted by Gasteiger charge is -2.25. The van der Waals surface area contributed by atoms with E-state index in [-0.39, 0.29) is 24.7 Å². The average Bonchev–Trinajstić information content (AvgIpc) is 2.61. The van der Waals surface area contributed by atoms with Crippen LogP contribution in [0, 0.1) is 0 Å². The predicted octanol–water partition coefficient (Wildman–Crippen LogP) is 2.23. The molecule has 6 heteroatoms. The first-order valence-electron chi connectivity index (χ1n) is 7.52. The molecule has 1 aromatic heterocycles. The molecule has 2 N–H and O–H groups in total. The molecule has 0 aliphatic rings. The van der Waals surface area contributed by atoms with E-state index in [1.165, 1.54) is 11.2 Å². The summed E-state index contributed by atoms with van der Waals surface area (Å²) in [5.41, 5.74) is 2.98. The number of carbonyl (C=O) groups is 1. The van der Waals surface area contributed by atoms with E-state index in [0.717, 1.165) is 16.7 Å². The lowest BCUT2D eigenvalue weighted by molar-refractivity contribution is 0.155. The van der Waals surface area contributed by atoms with E-state index in [4.69, 9.17) is 5.11 Å². The molecule has 0 aliphatic carbocycles. The molecule has 2 aromatic rings. The van der Waals surface area contributed by atoms with Gasteiger partial charge in [0.15, 0.2) is 0 Å². The van der Waals surface area contributed by atoms with Crippen molar-refractivity contribution in [2.24, 2.45) is 0 Å². The normalized spacial score (nSPS) is 13.2. The van der Waals surface area contributed by atoms with Gasteiger partial charge in [-0.25, -0.2) is 14.8 Å². The maximum atomic E-state index is 12.1. The van der Waals surface area contributed by atoms with Gasteiger partial charge in [0.2, 0.25) is 0 Å². The Hall–Kier alpha value is -2.47. The molecule has 0 aliphatic heterocycles. The molecule has 2 amide bonds. The van der Waals surface area contributed by atoms with Gasteiger partial charge in [-0.15, -0.1) is 0 Å². The summed E-state index contributed by atoms with van der Waals surface area (Å²) >= 11 is 0. The molecule has 0 fully saturated rings. The van der Waals surface area contributed by atoms with E-state index in [1.807, 2.05) is 31.2 Å². The van der Waals surface area contributed by atoms with E-state index in [1.54, 1.807) is 26.4 Å². The fourth-order valence-corrected chi connectivity index (χ4v) is 2.11. The number of aliphatic hydroxyl groups is 1. The molecule has 0 bridgehead atoms. The third kappa shape index (κ3) is 4.26. The summed E-state index contributed by atoms with van der Waals surface area (Å²) in [4.78, 5) is 21.6. The second kappa shape index (κ2) is 7.69. The molecule has 1 aromatic carbocycles. The molecule has 6 nitrogen and oxygen atoms in total. The van der Waals surface area contributed by atoms with Crippen molar-refractivity contribution in [1.29, 1.82) is 0 Å². The summed E-state index contributed by atoms with van der Waals surface area (Å²) < 4.78 is 0. The van der Waals surface area contributed by atoms with E-state index in [0.29, 0.717) is 0 Å². The Kier molecular flexibility index (Phi) is 5.65. The average molecular weight is 314 g/mol. The summed E-state index contributed by atoms with van der Waals surface area (Å²) in [5, 5.41) is 12.0. The highest BCUT2D eigenvalue weighted by atomic mass is 16.3. The summed E-state index contributed by atoms with van der Waals surface area (Å²) in [6.45, 7) is 3.66. The minimum Gasteiger partial charge on any atom is -0.394 e. The van der Waals surface area contributed by atoms with Crippen LogP contribution < -0.4 is 5.32 Å². The van der Waals surface area contributed by atoms with Crippen LogP contribution in [0.25, 0.3) is 11.1 Å². The maximum Gasteiger partial charge on any atom is 0.317 e. The molecule has 2 atom stereocenters. The number of likely N-dealkylation sites (N-methyl/N-ethyl adjacent to an activating group) is 1. The molecule has 0 saturated heterocycles. The van der Waals surface area contributed by atoms with Crippen molar-refractivity contribution in [2.45, 2.75) is 25.9 Å². The number of carbonyl (C=O) groups excluding carboxylic acids is 1. The number of rotatable bonds is 5. The van der Waals surface area contributed by atoms with Gasteiger partial charge in [0.05, 0.1) is 18.7 Å². The minimum atomic E-state index is -0.220. The summed E-state index contributed by atoms with van der Waals surface area (Å²) in [6.07, 6.45) is 5.02. The Balaban J connectivity index is 2.03. The second-order valence-corrected chi connectivity index (χ2v) is 5.56. The van der Waals surface area contributed by atoms with Crippen molar-refractivity contribution in [3.05, 3.63) is 48.5 Å². The van der Waals surface area contributed by atoms with Gasteiger partial charge in [0.1, 0.15) is 6.33 Å². The lowest BCUT2D eigenvalue weighted by Crippen LogP contribution is -2.44. The van der Waals surface area contributed by atoms with Crippen LogP contribution in [-0.2, 0) is 0 Å². The SMILES string of the molecule is CC(NC(=O)N(C)C(C)CO)c1ccc(-c2cncnc2)cc1. The minimum absolute atomic E-state index is 0.0633. The topological polar surface area (TPSA) is 78.4 Å². The first-order valence-corrected chi connectivity index (χ1v) is 7.52. The zero-order valence-corrected chi connectivity index (χ0v) is 13.6. The number of aliphatic hydroxyl groups excluding tert-OH is 1. The van der Waals surface area contributed by atoms with Crippen LogP contribution >= 0.6 is 0 Å². The van der Waals surface area contributed by atoms with Gasteiger partial charge >= 0.3 is 6.03 Å². The van der Waals surface area contributed by atoms with E-state index < -0.39 is 0 Å². The molecule has 23 heavy (non-hydrogen) atoms. The van der Waals surface area contributed by atoms with Crippen LogP contribution in [0.15, 0.2) is 43.0 Å². The number of amides is 2. The summed E-state index contributed by atoms with van der Waals surface area (Å²) in [5.74, 6) is 0. The molecular formula is C17H22N4O2. The first-order chi connectivity index (χ1) is 11.0. The second-order valence-electron chi connectivity index (χ2n) is 5.56. The van der Waals surface area contributed by atoms with Crippen LogP contribution in [0.4, 0.5) is 4.79 Å². The molecule has 1 heterocycles. The number of hydrogen-bond acceptors (Lipinski definition) is 4. The van der Waals surface area contributed by atoms with Gasteiger partial charge in [-0.2, -0.15) is 0 Å². The van der Waals surface area contributed by atoms with Crippen LogP contribution in [-0.4, -0.2) is 45.7 Å². The lowest BCUT2D eigenvalue weighted by atomic mass is 10.0. The van der Waals surface area contributed by atoms with Gasteiger partial charge in [0, 0.05) is 25.0 Å². The Morgan fingerprint density at radius 3 is 2.35 bits per heavy atom. The molecule has 0 radical (unpaired) electrons. The van der Waals surface area contributed by atoms with Crippen LogP contribution in [0.5, 0.6) is 0 Å². The first kappa shape index (κ1) is 16.9. The van der Waals surface area contributed by atoms with E-state index in [2.05, 4.69) is 15.3 Å². The fraction of sp³-hybridized carbons (Fsp3) is 0.353. The van der Waals surface area contributed by atoms with Crippen molar-refractivity contribution in [1.82, 2.24) is 20.2 Å². The van der Waals surface area contributed by atoms with Crippen molar-refractivity contribution < 1.29 is 9.90 Å². The molecule has 122 valence electrons. The standard InChI is InChI=1S/C17H22N4O2/c1-12(10-22)21(3)17(23)20-13(2)14-4-6-15(7-5-14)16-8-18-11-19-9-16/h4-9,11-13,22H,10H2,1-3H3,(H,20,23). The fourth-order valence-electron chi connectivity index (χ4n) is 2.11. The van der Waals surface area contributed by atoms with Crippen molar-refractivity contribution in [3.63, 3.8) is 0 Å². The number of benzene rings is 1. The molecular weight excluding hydrogens is 292 g/mol. The maximum absolute atomic E-state index is 12.1. The van der Waals surface area contributed by atoms with Gasteiger partial charge in [-0.05, 0) is 25.0 Å². The number of nitrogens with one attached hydrogen (secondary N) is 1. The van der Waals surface area contributed by atoms with Gasteiger partial charge in [-0.3, -0.25) is 0 Å². The Morgan fingerprint density at radius 2 is 1.78 bits per heavy atom.